The Hall–Kier alpha value is -1.96. The van der Waals surface area contributed by atoms with Gasteiger partial charge in [-0.25, -0.2) is 4.57 Å². The second kappa shape index (κ2) is 4.96. The molecule has 6 heteroatoms. The van der Waals surface area contributed by atoms with E-state index in [4.69, 9.17) is 28.5 Å². The monoisotopic (exact) mass is 294 g/mol. The maximum absolute atomic E-state index is 12.2. The average molecular weight is 295 g/mol. The summed E-state index contributed by atoms with van der Waals surface area (Å²) in [6.45, 7) is 1.57. The second-order valence-corrected chi connectivity index (χ2v) is 4.75. The molecule has 0 aliphatic carbocycles. The Labute approximate surface area is 119 Å². The Kier molecular flexibility index (Phi) is 3.52. The Morgan fingerprint density at radius 3 is 2.63 bits per heavy atom. The molecule has 0 saturated carbocycles. The number of rotatable bonds is 1. The molecule has 4 nitrogen and oxygen atoms in total. The summed E-state index contributed by atoms with van der Waals surface area (Å²) in [7, 11) is 0. The number of pyridine rings is 1. The molecule has 1 N–H and O–H groups in total. The minimum absolute atomic E-state index is 0.0474. The normalized spacial score (nSPS) is 10.2. The van der Waals surface area contributed by atoms with Crippen LogP contribution in [0.1, 0.15) is 11.1 Å². The van der Waals surface area contributed by atoms with E-state index in [2.05, 4.69) is 0 Å². The van der Waals surface area contributed by atoms with E-state index in [1.54, 1.807) is 13.0 Å². The molecule has 0 bridgehead atoms. The molecule has 1 aromatic carbocycles. The highest BCUT2D eigenvalue weighted by Gasteiger charge is 2.15. The van der Waals surface area contributed by atoms with Crippen LogP contribution in [0.5, 0.6) is 5.88 Å². The largest absolute Gasteiger partial charge is 0.494 e. The number of hydrogen-bond donors (Lipinski definition) is 1. The fourth-order valence-corrected chi connectivity index (χ4v) is 2.11. The molecule has 0 aliphatic heterocycles. The molecule has 0 unspecified atom stereocenters. The number of benzene rings is 1. The van der Waals surface area contributed by atoms with Crippen LogP contribution in [0.3, 0.4) is 0 Å². The van der Waals surface area contributed by atoms with Gasteiger partial charge in [-0.2, -0.15) is 5.26 Å². The Morgan fingerprint density at radius 1 is 1.32 bits per heavy atom. The molecule has 1 aromatic heterocycles. The van der Waals surface area contributed by atoms with E-state index >= 15 is 0 Å². The van der Waals surface area contributed by atoms with Crippen molar-refractivity contribution in [3.05, 3.63) is 55.8 Å². The van der Waals surface area contributed by atoms with Gasteiger partial charge in [-0.05, 0) is 30.7 Å². The van der Waals surface area contributed by atoms with Crippen molar-refractivity contribution < 1.29 is 5.11 Å². The Balaban J connectivity index is 2.88. The van der Waals surface area contributed by atoms with E-state index in [-0.39, 0.29) is 22.2 Å². The maximum Gasteiger partial charge on any atom is 0.276 e. The van der Waals surface area contributed by atoms with Gasteiger partial charge in [0.1, 0.15) is 11.6 Å². The molecule has 0 spiro atoms. The maximum atomic E-state index is 12.2. The first-order valence-electron chi connectivity index (χ1n) is 5.27. The van der Waals surface area contributed by atoms with Crippen molar-refractivity contribution in [2.24, 2.45) is 0 Å². The predicted octanol–water partition coefficient (Wildman–Crippen LogP) is 3.03. The fourth-order valence-electron chi connectivity index (χ4n) is 1.74. The van der Waals surface area contributed by atoms with Gasteiger partial charge in [-0.15, -0.1) is 0 Å². The van der Waals surface area contributed by atoms with Gasteiger partial charge in [0.15, 0.2) is 5.88 Å². The molecular formula is C13H8Cl2N2O2. The first-order chi connectivity index (χ1) is 8.95. The van der Waals surface area contributed by atoms with Gasteiger partial charge in [-0.3, -0.25) is 4.79 Å². The zero-order chi connectivity index (χ0) is 14.2. The smallest absolute Gasteiger partial charge is 0.276 e. The zero-order valence-corrected chi connectivity index (χ0v) is 11.3. The quantitative estimate of drug-likeness (QED) is 0.879. The lowest BCUT2D eigenvalue weighted by Gasteiger charge is -2.12. The van der Waals surface area contributed by atoms with Gasteiger partial charge in [0, 0.05) is 11.1 Å². The number of nitriles is 1. The SMILES string of the molecule is Cc1cc(O)n(-c2cc(Cl)ccc2Cl)c(=O)c1C#N. The lowest BCUT2D eigenvalue weighted by molar-refractivity contribution is 0.434. The van der Waals surface area contributed by atoms with Gasteiger partial charge in [0.05, 0.1) is 10.7 Å². The van der Waals surface area contributed by atoms with Crippen molar-refractivity contribution in [1.82, 2.24) is 4.57 Å². The van der Waals surface area contributed by atoms with Crippen LogP contribution in [0, 0.1) is 18.3 Å². The number of nitrogens with zero attached hydrogens (tertiary/aromatic N) is 2. The highest BCUT2D eigenvalue weighted by atomic mass is 35.5. The third-order valence-corrected chi connectivity index (χ3v) is 3.20. The number of aromatic hydroxyl groups is 1. The number of hydrogen-bond acceptors (Lipinski definition) is 3. The van der Waals surface area contributed by atoms with Crippen molar-refractivity contribution in [1.29, 1.82) is 5.26 Å². The van der Waals surface area contributed by atoms with Crippen LogP contribution in [-0.4, -0.2) is 9.67 Å². The molecule has 1 heterocycles. The van der Waals surface area contributed by atoms with Crippen molar-refractivity contribution in [2.45, 2.75) is 6.92 Å². The van der Waals surface area contributed by atoms with E-state index < -0.39 is 5.56 Å². The summed E-state index contributed by atoms with van der Waals surface area (Å²) in [5.41, 5.74) is -0.0504. The van der Waals surface area contributed by atoms with Crippen molar-refractivity contribution >= 4 is 23.2 Å². The number of halogens is 2. The topological polar surface area (TPSA) is 66.0 Å². The molecule has 2 rings (SSSR count). The van der Waals surface area contributed by atoms with E-state index in [1.807, 2.05) is 6.07 Å². The number of aryl methyl sites for hydroxylation is 1. The second-order valence-electron chi connectivity index (χ2n) is 3.91. The molecule has 0 atom stereocenters. The molecule has 0 fully saturated rings. The van der Waals surface area contributed by atoms with Crippen LogP contribution in [0.15, 0.2) is 29.1 Å². The number of aromatic nitrogens is 1. The highest BCUT2D eigenvalue weighted by molar-refractivity contribution is 6.34. The van der Waals surface area contributed by atoms with Crippen LogP contribution in [0.2, 0.25) is 10.0 Å². The zero-order valence-electron chi connectivity index (χ0n) is 9.82. The van der Waals surface area contributed by atoms with Gasteiger partial charge < -0.3 is 5.11 Å². The molecule has 2 aromatic rings. The standard InChI is InChI=1S/C13H8Cl2N2O2/c1-7-4-12(18)17(13(19)9(7)6-16)11-5-8(14)2-3-10(11)15/h2-5,18H,1H3. The Morgan fingerprint density at radius 2 is 2.00 bits per heavy atom. The van der Waals surface area contributed by atoms with E-state index in [1.165, 1.54) is 18.2 Å². The summed E-state index contributed by atoms with van der Waals surface area (Å²) in [5.74, 6) is -0.300. The first kappa shape index (κ1) is 13.5. The minimum atomic E-state index is -0.635. The van der Waals surface area contributed by atoms with E-state index in [0.29, 0.717) is 10.6 Å². The molecule has 0 radical (unpaired) electrons. The van der Waals surface area contributed by atoms with Crippen LogP contribution in [-0.2, 0) is 0 Å². The third kappa shape index (κ3) is 2.30. The summed E-state index contributed by atoms with van der Waals surface area (Å²) in [4.78, 5) is 12.2. The Bertz CT molecular complexity index is 760. The fraction of sp³-hybridized carbons (Fsp3) is 0.0769. The third-order valence-electron chi connectivity index (χ3n) is 2.65. The first-order valence-corrected chi connectivity index (χ1v) is 6.02. The predicted molar refractivity (Wildman–Crippen MR) is 73.2 cm³/mol. The highest BCUT2D eigenvalue weighted by Crippen LogP contribution is 2.26. The van der Waals surface area contributed by atoms with Crippen LogP contribution < -0.4 is 5.56 Å². The van der Waals surface area contributed by atoms with Crippen LogP contribution in [0.4, 0.5) is 0 Å². The van der Waals surface area contributed by atoms with Crippen LogP contribution >= 0.6 is 23.2 Å². The van der Waals surface area contributed by atoms with Gasteiger partial charge in [0.2, 0.25) is 0 Å². The van der Waals surface area contributed by atoms with Gasteiger partial charge in [-0.1, -0.05) is 23.2 Å². The summed E-state index contributed by atoms with van der Waals surface area (Å²) in [5, 5.41) is 19.5. The molecule has 0 saturated heterocycles. The molecule has 0 amide bonds. The summed E-state index contributed by atoms with van der Waals surface area (Å²) >= 11 is 11.9. The summed E-state index contributed by atoms with van der Waals surface area (Å²) in [6.07, 6.45) is 0. The molecular weight excluding hydrogens is 287 g/mol. The molecule has 0 aliphatic rings. The lowest BCUT2D eigenvalue weighted by Crippen LogP contribution is -2.22. The average Bonchev–Trinajstić information content (AvgIpc) is 2.33. The lowest BCUT2D eigenvalue weighted by atomic mass is 10.1. The van der Waals surface area contributed by atoms with Crippen molar-refractivity contribution in [3.8, 4) is 17.6 Å². The van der Waals surface area contributed by atoms with Crippen molar-refractivity contribution in [3.63, 3.8) is 0 Å². The molecule has 96 valence electrons. The van der Waals surface area contributed by atoms with Crippen molar-refractivity contribution in [2.75, 3.05) is 0 Å². The summed E-state index contributed by atoms with van der Waals surface area (Å²) in [6, 6.07) is 7.67. The molecule has 19 heavy (non-hydrogen) atoms. The van der Waals surface area contributed by atoms with E-state index in [9.17, 15) is 9.90 Å². The van der Waals surface area contributed by atoms with E-state index in [0.717, 1.165) is 4.57 Å². The summed E-state index contributed by atoms with van der Waals surface area (Å²) < 4.78 is 0.958. The van der Waals surface area contributed by atoms with Crippen LogP contribution in [0.25, 0.3) is 5.69 Å². The van der Waals surface area contributed by atoms with Gasteiger partial charge in [0.25, 0.3) is 5.56 Å². The van der Waals surface area contributed by atoms with Gasteiger partial charge >= 0.3 is 0 Å². The minimum Gasteiger partial charge on any atom is -0.494 e.